The summed E-state index contributed by atoms with van der Waals surface area (Å²) in [5, 5.41) is 3.50. The fourth-order valence-corrected chi connectivity index (χ4v) is 3.39. The van der Waals surface area contributed by atoms with Crippen LogP contribution in [0.2, 0.25) is 5.02 Å². The number of rotatable bonds is 4. The summed E-state index contributed by atoms with van der Waals surface area (Å²) >= 11 is 7.55. The average molecular weight is 358 g/mol. The zero-order valence-electron chi connectivity index (χ0n) is 13.3. The number of benzene rings is 2. The molecule has 0 saturated heterocycles. The van der Waals surface area contributed by atoms with Gasteiger partial charge in [-0.2, -0.15) is 0 Å². The number of hydrogen-bond acceptors (Lipinski definition) is 3. The first-order chi connectivity index (χ1) is 11.6. The van der Waals surface area contributed by atoms with Crippen LogP contribution in [-0.2, 0) is 0 Å². The van der Waals surface area contributed by atoms with E-state index in [2.05, 4.69) is 5.32 Å². The van der Waals surface area contributed by atoms with Gasteiger partial charge >= 0.3 is 0 Å². The molecule has 0 fully saturated rings. The van der Waals surface area contributed by atoms with Gasteiger partial charge in [0.15, 0.2) is 0 Å². The van der Waals surface area contributed by atoms with E-state index in [1.807, 2.05) is 55.5 Å². The molecule has 3 rings (SSSR count). The highest BCUT2D eigenvalue weighted by molar-refractivity contribution is 7.17. The van der Waals surface area contributed by atoms with Crippen LogP contribution in [-0.4, -0.2) is 13.0 Å². The van der Waals surface area contributed by atoms with Crippen molar-refractivity contribution in [3.63, 3.8) is 0 Å². The lowest BCUT2D eigenvalue weighted by Crippen LogP contribution is -2.11. The van der Waals surface area contributed by atoms with E-state index >= 15 is 0 Å². The SMILES string of the molecule is COc1cc(Cl)c(C)cc1NC(=O)c1ccc(-c2ccccc2)s1. The molecule has 1 N–H and O–H groups in total. The van der Waals surface area contributed by atoms with Crippen LogP contribution >= 0.6 is 22.9 Å². The summed E-state index contributed by atoms with van der Waals surface area (Å²) in [6.45, 7) is 1.88. The molecule has 3 nitrogen and oxygen atoms in total. The first-order valence-electron chi connectivity index (χ1n) is 7.39. The molecule has 1 heterocycles. The molecule has 0 bridgehead atoms. The molecule has 1 amide bonds. The number of amides is 1. The van der Waals surface area contributed by atoms with E-state index < -0.39 is 0 Å². The van der Waals surface area contributed by atoms with E-state index in [9.17, 15) is 4.79 Å². The summed E-state index contributed by atoms with van der Waals surface area (Å²) < 4.78 is 5.30. The van der Waals surface area contributed by atoms with Crippen LogP contribution in [0, 0.1) is 6.92 Å². The van der Waals surface area contributed by atoms with Crippen molar-refractivity contribution in [2.24, 2.45) is 0 Å². The van der Waals surface area contributed by atoms with Gasteiger partial charge in [0.05, 0.1) is 17.7 Å². The zero-order valence-corrected chi connectivity index (χ0v) is 14.9. The summed E-state index contributed by atoms with van der Waals surface area (Å²) in [6.07, 6.45) is 0. The van der Waals surface area contributed by atoms with Crippen molar-refractivity contribution in [1.82, 2.24) is 0 Å². The van der Waals surface area contributed by atoms with Gasteiger partial charge < -0.3 is 10.1 Å². The Labute approximate surface area is 149 Å². The van der Waals surface area contributed by atoms with E-state index in [0.717, 1.165) is 16.0 Å². The monoisotopic (exact) mass is 357 g/mol. The fraction of sp³-hybridized carbons (Fsp3) is 0.105. The number of methoxy groups -OCH3 is 1. The summed E-state index contributed by atoms with van der Waals surface area (Å²) in [7, 11) is 1.55. The molecule has 1 aromatic heterocycles. The van der Waals surface area contributed by atoms with Gasteiger partial charge in [0.2, 0.25) is 0 Å². The molecule has 2 aromatic carbocycles. The number of nitrogens with one attached hydrogen (secondary N) is 1. The van der Waals surface area contributed by atoms with Gasteiger partial charge in [-0.15, -0.1) is 11.3 Å². The lowest BCUT2D eigenvalue weighted by atomic mass is 10.2. The summed E-state index contributed by atoms with van der Waals surface area (Å²) in [4.78, 5) is 14.2. The molecule has 24 heavy (non-hydrogen) atoms. The highest BCUT2D eigenvalue weighted by Gasteiger charge is 2.14. The number of thiophene rings is 1. The topological polar surface area (TPSA) is 38.3 Å². The minimum atomic E-state index is -0.165. The Morgan fingerprint density at radius 2 is 1.88 bits per heavy atom. The van der Waals surface area contributed by atoms with Crippen LogP contribution < -0.4 is 10.1 Å². The lowest BCUT2D eigenvalue weighted by Gasteiger charge is -2.11. The summed E-state index contributed by atoms with van der Waals surface area (Å²) in [5.41, 5.74) is 2.59. The van der Waals surface area contributed by atoms with Crippen molar-refractivity contribution in [3.05, 3.63) is 70.1 Å². The van der Waals surface area contributed by atoms with Crippen LogP contribution in [0.4, 0.5) is 5.69 Å². The molecule has 0 radical (unpaired) electrons. The van der Waals surface area contributed by atoms with Crippen molar-refractivity contribution in [1.29, 1.82) is 0 Å². The molecule has 122 valence electrons. The third-order valence-corrected chi connectivity index (χ3v) is 5.16. The molecular weight excluding hydrogens is 342 g/mol. The van der Waals surface area contributed by atoms with E-state index in [1.54, 1.807) is 13.2 Å². The number of anilines is 1. The molecule has 0 atom stereocenters. The van der Waals surface area contributed by atoms with Gasteiger partial charge in [-0.1, -0.05) is 41.9 Å². The Kier molecular flexibility index (Phi) is 4.88. The predicted molar refractivity (Wildman–Crippen MR) is 100 cm³/mol. The fourth-order valence-electron chi connectivity index (χ4n) is 2.33. The molecule has 0 aliphatic rings. The summed E-state index contributed by atoms with van der Waals surface area (Å²) in [6, 6.07) is 17.3. The van der Waals surface area contributed by atoms with E-state index in [1.165, 1.54) is 11.3 Å². The normalized spacial score (nSPS) is 10.5. The molecule has 0 spiro atoms. The zero-order chi connectivity index (χ0) is 17.1. The first kappa shape index (κ1) is 16.6. The third kappa shape index (κ3) is 3.45. The number of carbonyl (C=O) groups is 1. The van der Waals surface area contributed by atoms with E-state index in [4.69, 9.17) is 16.3 Å². The number of hydrogen-bond donors (Lipinski definition) is 1. The minimum absolute atomic E-state index is 0.165. The first-order valence-corrected chi connectivity index (χ1v) is 8.58. The molecule has 0 aliphatic heterocycles. The number of aryl methyl sites for hydroxylation is 1. The maximum atomic E-state index is 12.5. The number of carbonyl (C=O) groups excluding carboxylic acids is 1. The lowest BCUT2D eigenvalue weighted by molar-refractivity contribution is 0.103. The van der Waals surface area contributed by atoms with E-state index in [-0.39, 0.29) is 5.91 Å². The molecule has 3 aromatic rings. The van der Waals surface area contributed by atoms with Gasteiger partial charge in [-0.25, -0.2) is 0 Å². The van der Waals surface area contributed by atoms with Gasteiger partial charge in [-0.05, 0) is 36.2 Å². The smallest absolute Gasteiger partial charge is 0.265 e. The Morgan fingerprint density at radius 3 is 2.58 bits per heavy atom. The van der Waals surface area contributed by atoms with Crippen LogP contribution in [0.5, 0.6) is 5.75 Å². The second kappa shape index (κ2) is 7.07. The van der Waals surface area contributed by atoms with Crippen LogP contribution in [0.1, 0.15) is 15.2 Å². The van der Waals surface area contributed by atoms with Crippen molar-refractivity contribution in [3.8, 4) is 16.2 Å². The van der Waals surface area contributed by atoms with Gasteiger partial charge in [-0.3, -0.25) is 4.79 Å². The maximum absolute atomic E-state index is 12.5. The Morgan fingerprint density at radius 1 is 1.12 bits per heavy atom. The third-order valence-electron chi connectivity index (χ3n) is 3.62. The maximum Gasteiger partial charge on any atom is 0.265 e. The van der Waals surface area contributed by atoms with Crippen LogP contribution in [0.25, 0.3) is 10.4 Å². The van der Waals surface area contributed by atoms with Crippen molar-refractivity contribution in [2.45, 2.75) is 6.92 Å². The van der Waals surface area contributed by atoms with Crippen molar-refractivity contribution >= 4 is 34.5 Å². The van der Waals surface area contributed by atoms with Gasteiger partial charge in [0.1, 0.15) is 5.75 Å². The Hall–Kier alpha value is -2.30. The largest absolute Gasteiger partial charge is 0.495 e. The highest BCUT2D eigenvalue weighted by atomic mass is 35.5. The van der Waals surface area contributed by atoms with Crippen molar-refractivity contribution < 1.29 is 9.53 Å². The van der Waals surface area contributed by atoms with Gasteiger partial charge in [0, 0.05) is 16.0 Å². The standard InChI is InChI=1S/C19H16ClNO2S/c1-12-10-15(16(23-2)11-14(12)20)21-19(22)18-9-8-17(24-18)13-6-4-3-5-7-13/h3-11H,1-2H3,(H,21,22). The Balaban J connectivity index is 1.84. The van der Waals surface area contributed by atoms with E-state index in [0.29, 0.717) is 21.3 Å². The van der Waals surface area contributed by atoms with Crippen LogP contribution in [0.15, 0.2) is 54.6 Å². The van der Waals surface area contributed by atoms with Gasteiger partial charge in [0.25, 0.3) is 5.91 Å². The second-order valence-electron chi connectivity index (χ2n) is 5.29. The highest BCUT2D eigenvalue weighted by Crippen LogP contribution is 2.33. The number of halogens is 1. The number of ether oxygens (including phenoxy) is 1. The Bertz CT molecular complexity index is 874. The van der Waals surface area contributed by atoms with Crippen molar-refractivity contribution in [2.75, 3.05) is 12.4 Å². The molecule has 0 unspecified atom stereocenters. The molecular formula is C19H16ClNO2S. The summed E-state index contributed by atoms with van der Waals surface area (Å²) in [5.74, 6) is 0.376. The minimum Gasteiger partial charge on any atom is -0.495 e. The predicted octanol–water partition coefficient (Wildman–Crippen LogP) is 5.64. The molecule has 0 saturated carbocycles. The average Bonchev–Trinajstić information content (AvgIpc) is 3.09. The second-order valence-corrected chi connectivity index (χ2v) is 6.78. The molecule has 0 aliphatic carbocycles. The van der Waals surface area contributed by atoms with Crippen LogP contribution in [0.3, 0.4) is 0 Å². The molecule has 5 heteroatoms. The quantitative estimate of drug-likeness (QED) is 0.656.